The molecule has 0 bridgehead atoms. The predicted molar refractivity (Wildman–Crippen MR) is 94.8 cm³/mol. The fourth-order valence-corrected chi connectivity index (χ4v) is 4.00. The monoisotopic (exact) mass is 326 g/mol. The van der Waals surface area contributed by atoms with Crippen LogP contribution in [0.4, 0.5) is 0 Å². The minimum Gasteiger partial charge on any atom is -0.353 e. The third kappa shape index (κ3) is 1.38. The minimum absolute atomic E-state index is 0.352. The van der Waals surface area contributed by atoms with Crippen LogP contribution in [0.5, 0.6) is 0 Å². The van der Waals surface area contributed by atoms with E-state index in [9.17, 15) is 9.59 Å². The van der Waals surface area contributed by atoms with E-state index in [-0.39, 0.29) is 11.8 Å². The topological polar surface area (TPSA) is 90.6 Å². The molecule has 0 fully saturated rings. The van der Waals surface area contributed by atoms with E-state index in [4.69, 9.17) is 0 Å². The summed E-state index contributed by atoms with van der Waals surface area (Å²) in [7, 11) is 0. The molecule has 0 unspecified atom stereocenters. The van der Waals surface area contributed by atoms with Crippen molar-refractivity contribution in [2.24, 2.45) is 0 Å². The molecular weight excluding hydrogens is 316 g/mol. The van der Waals surface area contributed by atoms with E-state index in [0.717, 1.165) is 43.6 Å². The highest BCUT2D eigenvalue weighted by Gasteiger charge is 2.34. The largest absolute Gasteiger partial charge is 0.353 e. The summed E-state index contributed by atoms with van der Waals surface area (Å²) in [4.78, 5) is 36.1. The SMILES string of the molecule is O=C1NC(=O)c2c1c1c3ccccc3[nH]c1c1[nH]c3ccncc3c21. The molecular formula is C19H10N4O2. The zero-order chi connectivity index (χ0) is 16.7. The maximum absolute atomic E-state index is 12.6. The molecule has 3 N–H and O–H groups in total. The van der Waals surface area contributed by atoms with Crippen LogP contribution in [-0.4, -0.2) is 26.8 Å². The Balaban J connectivity index is 2.04. The van der Waals surface area contributed by atoms with Gasteiger partial charge in [-0.1, -0.05) is 18.2 Å². The number of aromatic nitrogens is 3. The molecule has 5 aromatic rings. The van der Waals surface area contributed by atoms with Crippen molar-refractivity contribution in [1.29, 1.82) is 0 Å². The molecule has 2 aromatic carbocycles. The number of benzene rings is 2. The number of fused-ring (bicyclic) bond motifs is 10. The van der Waals surface area contributed by atoms with Gasteiger partial charge in [0.25, 0.3) is 11.8 Å². The van der Waals surface area contributed by atoms with Crippen LogP contribution in [0, 0.1) is 0 Å². The number of amides is 2. The second kappa shape index (κ2) is 4.05. The molecule has 0 radical (unpaired) electrons. The fourth-order valence-electron chi connectivity index (χ4n) is 4.00. The summed E-state index contributed by atoms with van der Waals surface area (Å²) in [6.45, 7) is 0. The first-order valence-electron chi connectivity index (χ1n) is 7.91. The molecule has 0 saturated carbocycles. The minimum atomic E-state index is -0.359. The van der Waals surface area contributed by atoms with Gasteiger partial charge in [-0.05, 0) is 12.1 Å². The number of imide groups is 1. The van der Waals surface area contributed by atoms with Crippen molar-refractivity contribution < 1.29 is 9.59 Å². The number of nitrogens with zero attached hydrogens (tertiary/aromatic N) is 1. The van der Waals surface area contributed by atoms with Gasteiger partial charge in [0.05, 0.1) is 22.2 Å². The molecule has 4 heterocycles. The summed E-state index contributed by atoms with van der Waals surface area (Å²) in [6.07, 6.45) is 3.42. The summed E-state index contributed by atoms with van der Waals surface area (Å²) in [5.41, 5.74) is 4.32. The van der Waals surface area contributed by atoms with Crippen molar-refractivity contribution in [3.63, 3.8) is 0 Å². The highest BCUT2D eigenvalue weighted by Crippen LogP contribution is 2.41. The Morgan fingerprint density at radius 1 is 0.760 bits per heavy atom. The first-order chi connectivity index (χ1) is 12.2. The van der Waals surface area contributed by atoms with Crippen LogP contribution in [-0.2, 0) is 0 Å². The second-order valence-corrected chi connectivity index (χ2v) is 6.25. The Kier molecular flexibility index (Phi) is 2.06. The molecule has 1 aliphatic heterocycles. The average molecular weight is 326 g/mol. The number of para-hydroxylation sites is 1. The Labute approximate surface area is 139 Å². The fraction of sp³-hybridized carbons (Fsp3) is 0. The van der Waals surface area contributed by atoms with Crippen LogP contribution in [0.1, 0.15) is 20.7 Å². The van der Waals surface area contributed by atoms with Crippen molar-refractivity contribution in [3.8, 4) is 0 Å². The number of H-pyrrole nitrogens is 2. The van der Waals surface area contributed by atoms with E-state index in [1.807, 2.05) is 30.3 Å². The Hall–Kier alpha value is -3.67. The molecule has 0 aliphatic carbocycles. The van der Waals surface area contributed by atoms with E-state index in [2.05, 4.69) is 20.3 Å². The maximum Gasteiger partial charge on any atom is 0.259 e. The lowest BCUT2D eigenvalue weighted by atomic mass is 9.97. The molecule has 6 heteroatoms. The van der Waals surface area contributed by atoms with Gasteiger partial charge in [-0.25, -0.2) is 0 Å². The van der Waals surface area contributed by atoms with Crippen LogP contribution in [0.15, 0.2) is 42.7 Å². The van der Waals surface area contributed by atoms with E-state index in [1.165, 1.54) is 0 Å². The maximum atomic E-state index is 12.6. The van der Waals surface area contributed by atoms with Crippen LogP contribution in [0.3, 0.4) is 0 Å². The summed E-state index contributed by atoms with van der Waals surface area (Å²) in [5, 5.41) is 5.73. The number of nitrogens with one attached hydrogen (secondary N) is 3. The number of hydrogen-bond donors (Lipinski definition) is 3. The number of aromatic amines is 2. The molecule has 0 saturated heterocycles. The molecule has 0 atom stereocenters. The molecule has 6 rings (SSSR count). The van der Waals surface area contributed by atoms with Gasteiger partial charge in [0.15, 0.2) is 0 Å². The summed E-state index contributed by atoms with van der Waals surface area (Å²) >= 11 is 0. The molecule has 25 heavy (non-hydrogen) atoms. The van der Waals surface area contributed by atoms with Gasteiger partial charge in [-0.2, -0.15) is 0 Å². The third-order valence-corrected chi connectivity index (χ3v) is 4.99. The lowest BCUT2D eigenvalue weighted by molar-refractivity contribution is 0.0880. The zero-order valence-electron chi connectivity index (χ0n) is 12.8. The number of hydrogen-bond acceptors (Lipinski definition) is 3. The number of pyridine rings is 1. The van der Waals surface area contributed by atoms with Gasteiger partial charge in [0, 0.05) is 45.0 Å². The van der Waals surface area contributed by atoms with Crippen molar-refractivity contribution >= 4 is 55.4 Å². The molecule has 0 spiro atoms. The van der Waals surface area contributed by atoms with Gasteiger partial charge < -0.3 is 9.97 Å². The van der Waals surface area contributed by atoms with Crippen LogP contribution in [0.2, 0.25) is 0 Å². The molecule has 118 valence electrons. The number of carbonyl (C=O) groups excluding carboxylic acids is 2. The van der Waals surface area contributed by atoms with Gasteiger partial charge in [-0.15, -0.1) is 0 Å². The quantitative estimate of drug-likeness (QED) is 0.382. The lowest BCUT2D eigenvalue weighted by Crippen LogP contribution is -2.20. The summed E-state index contributed by atoms with van der Waals surface area (Å²) in [6, 6.07) is 9.66. The van der Waals surface area contributed by atoms with Crippen molar-refractivity contribution in [3.05, 3.63) is 53.9 Å². The molecule has 6 nitrogen and oxygen atoms in total. The first kappa shape index (κ1) is 12.7. The van der Waals surface area contributed by atoms with E-state index >= 15 is 0 Å². The van der Waals surface area contributed by atoms with Gasteiger partial charge in [0.2, 0.25) is 0 Å². The van der Waals surface area contributed by atoms with Crippen molar-refractivity contribution in [2.45, 2.75) is 0 Å². The standard InChI is InChI=1S/C19H10N4O2/c24-18-14-12-8-3-1-2-4-10(8)21-16(12)17-13(15(14)19(25)23-18)9-7-20-6-5-11(9)22-17/h1-7,21-22H,(H,23,24,25). The zero-order valence-corrected chi connectivity index (χ0v) is 12.8. The predicted octanol–water partition coefficient (Wildman–Crippen LogP) is 3.23. The Morgan fingerprint density at radius 3 is 2.16 bits per heavy atom. The van der Waals surface area contributed by atoms with E-state index in [1.54, 1.807) is 12.4 Å². The molecule has 3 aromatic heterocycles. The highest BCUT2D eigenvalue weighted by atomic mass is 16.2. The number of carbonyl (C=O) groups is 2. The van der Waals surface area contributed by atoms with Crippen LogP contribution in [0.25, 0.3) is 43.6 Å². The van der Waals surface area contributed by atoms with Crippen LogP contribution < -0.4 is 5.32 Å². The smallest absolute Gasteiger partial charge is 0.259 e. The normalized spacial score (nSPS) is 14.1. The van der Waals surface area contributed by atoms with E-state index < -0.39 is 0 Å². The highest BCUT2D eigenvalue weighted by molar-refractivity contribution is 6.39. The summed E-state index contributed by atoms with van der Waals surface area (Å²) < 4.78 is 0. The lowest BCUT2D eigenvalue weighted by Gasteiger charge is -2.02. The Bertz CT molecular complexity index is 1300. The third-order valence-electron chi connectivity index (χ3n) is 4.99. The molecule has 1 aliphatic rings. The van der Waals surface area contributed by atoms with Gasteiger partial charge in [-0.3, -0.25) is 19.9 Å². The Morgan fingerprint density at radius 2 is 1.40 bits per heavy atom. The van der Waals surface area contributed by atoms with E-state index in [0.29, 0.717) is 11.1 Å². The first-order valence-corrected chi connectivity index (χ1v) is 7.91. The van der Waals surface area contributed by atoms with Gasteiger partial charge in [0.1, 0.15) is 0 Å². The van der Waals surface area contributed by atoms with Crippen molar-refractivity contribution in [2.75, 3.05) is 0 Å². The number of rotatable bonds is 0. The summed E-state index contributed by atoms with van der Waals surface area (Å²) in [5.74, 6) is -0.711. The van der Waals surface area contributed by atoms with Crippen molar-refractivity contribution in [1.82, 2.24) is 20.3 Å². The average Bonchev–Trinajstić information content (AvgIpc) is 3.26. The second-order valence-electron chi connectivity index (χ2n) is 6.25. The van der Waals surface area contributed by atoms with Gasteiger partial charge >= 0.3 is 0 Å². The molecule has 2 amide bonds. The van der Waals surface area contributed by atoms with Crippen LogP contribution >= 0.6 is 0 Å².